The van der Waals surface area contributed by atoms with Crippen LogP contribution in [0.2, 0.25) is 0 Å². The van der Waals surface area contributed by atoms with Crippen molar-refractivity contribution in [2.24, 2.45) is 0 Å². The van der Waals surface area contributed by atoms with E-state index in [1.807, 2.05) is 0 Å². The van der Waals surface area contributed by atoms with Crippen molar-refractivity contribution in [1.29, 1.82) is 0 Å². The van der Waals surface area contributed by atoms with Crippen LogP contribution in [0, 0.1) is 0 Å². The number of ketones is 1. The smallest absolute Gasteiger partial charge is 0.339 e. The molecule has 2 N–H and O–H groups in total. The minimum absolute atomic E-state index is 0.0553. The van der Waals surface area contributed by atoms with Crippen LogP contribution in [0.4, 0.5) is 4.79 Å². The zero-order valence-electron chi connectivity index (χ0n) is 16.1. The third kappa shape index (κ3) is 5.75. The van der Waals surface area contributed by atoms with Crippen LogP contribution in [-0.4, -0.2) is 35.3 Å². The zero-order valence-corrected chi connectivity index (χ0v) is 16.9. The standard InChI is InChI=1S/C20H22N2O5S/c1-12(17(24)21-19(26)22-20(2,3)4)27-18(25)14-9-6-5-8-13(14)16(23)15-10-7-11-28-15/h5-12H,1-4H3,(H2,21,22,24,26)/t12-/m0/s1. The predicted octanol–water partition coefficient (Wildman–Crippen LogP) is 3.15. The maximum Gasteiger partial charge on any atom is 0.339 e. The van der Waals surface area contributed by atoms with Crippen molar-refractivity contribution in [3.8, 4) is 0 Å². The number of imide groups is 1. The van der Waals surface area contributed by atoms with Gasteiger partial charge < -0.3 is 10.1 Å². The van der Waals surface area contributed by atoms with Crippen LogP contribution in [0.5, 0.6) is 0 Å². The average Bonchev–Trinajstić information content (AvgIpc) is 3.13. The number of thiophene rings is 1. The topological polar surface area (TPSA) is 102 Å². The Morgan fingerprint density at radius 1 is 1.00 bits per heavy atom. The van der Waals surface area contributed by atoms with Gasteiger partial charge in [0.05, 0.1) is 10.4 Å². The number of benzene rings is 1. The van der Waals surface area contributed by atoms with E-state index < -0.39 is 29.6 Å². The van der Waals surface area contributed by atoms with Crippen LogP contribution in [0.3, 0.4) is 0 Å². The first-order valence-corrected chi connectivity index (χ1v) is 9.47. The quantitative estimate of drug-likeness (QED) is 0.591. The minimum atomic E-state index is -1.22. The van der Waals surface area contributed by atoms with Crippen LogP contribution in [0.15, 0.2) is 41.8 Å². The monoisotopic (exact) mass is 402 g/mol. The normalized spacial score (nSPS) is 12.0. The Hall–Kier alpha value is -3.00. The Bertz CT molecular complexity index is 884. The van der Waals surface area contributed by atoms with Gasteiger partial charge in [-0.1, -0.05) is 24.3 Å². The molecule has 1 atom stereocenters. The van der Waals surface area contributed by atoms with E-state index in [-0.39, 0.29) is 16.9 Å². The van der Waals surface area contributed by atoms with Crippen LogP contribution in [-0.2, 0) is 9.53 Å². The Kier molecular flexibility index (Phi) is 6.69. The summed E-state index contributed by atoms with van der Waals surface area (Å²) in [5, 5.41) is 6.46. The number of esters is 1. The lowest BCUT2D eigenvalue weighted by Gasteiger charge is -2.21. The SMILES string of the molecule is C[C@H](OC(=O)c1ccccc1C(=O)c1cccs1)C(=O)NC(=O)NC(C)(C)C. The summed E-state index contributed by atoms with van der Waals surface area (Å²) in [6, 6.07) is 8.95. The highest BCUT2D eigenvalue weighted by atomic mass is 32.1. The molecule has 0 fully saturated rings. The lowest BCUT2D eigenvalue weighted by Crippen LogP contribution is -2.50. The highest BCUT2D eigenvalue weighted by Gasteiger charge is 2.25. The molecule has 28 heavy (non-hydrogen) atoms. The summed E-state index contributed by atoms with van der Waals surface area (Å²) in [7, 11) is 0. The number of ether oxygens (including phenoxy) is 1. The largest absolute Gasteiger partial charge is 0.449 e. The lowest BCUT2D eigenvalue weighted by atomic mass is 10.0. The highest BCUT2D eigenvalue weighted by Crippen LogP contribution is 2.19. The van der Waals surface area contributed by atoms with Gasteiger partial charge in [-0.05, 0) is 45.2 Å². The first-order valence-electron chi connectivity index (χ1n) is 8.59. The Morgan fingerprint density at radius 2 is 1.64 bits per heavy atom. The van der Waals surface area contributed by atoms with Crippen molar-refractivity contribution in [3.63, 3.8) is 0 Å². The maximum absolute atomic E-state index is 12.6. The molecule has 148 valence electrons. The number of amides is 3. The van der Waals surface area contributed by atoms with Crippen molar-refractivity contribution in [2.75, 3.05) is 0 Å². The van der Waals surface area contributed by atoms with E-state index >= 15 is 0 Å². The highest BCUT2D eigenvalue weighted by molar-refractivity contribution is 7.12. The summed E-state index contributed by atoms with van der Waals surface area (Å²) in [4.78, 5) is 49.5. The third-order valence-corrected chi connectivity index (χ3v) is 4.38. The summed E-state index contributed by atoms with van der Waals surface area (Å²) < 4.78 is 5.16. The second kappa shape index (κ2) is 8.79. The minimum Gasteiger partial charge on any atom is -0.449 e. The molecule has 0 saturated carbocycles. The Balaban J connectivity index is 2.08. The van der Waals surface area contributed by atoms with E-state index in [4.69, 9.17) is 4.74 Å². The first kappa shape index (κ1) is 21.3. The number of urea groups is 1. The third-order valence-electron chi connectivity index (χ3n) is 3.51. The Morgan fingerprint density at radius 3 is 2.21 bits per heavy atom. The molecular weight excluding hydrogens is 380 g/mol. The van der Waals surface area contributed by atoms with Gasteiger partial charge in [-0.2, -0.15) is 0 Å². The molecule has 0 spiro atoms. The van der Waals surface area contributed by atoms with E-state index in [0.29, 0.717) is 4.88 Å². The van der Waals surface area contributed by atoms with Gasteiger partial charge in [0.25, 0.3) is 5.91 Å². The van der Waals surface area contributed by atoms with Crippen molar-refractivity contribution in [2.45, 2.75) is 39.3 Å². The van der Waals surface area contributed by atoms with E-state index in [1.165, 1.54) is 30.4 Å². The van der Waals surface area contributed by atoms with E-state index in [9.17, 15) is 19.2 Å². The van der Waals surface area contributed by atoms with Gasteiger partial charge in [0, 0.05) is 11.1 Å². The fourth-order valence-electron chi connectivity index (χ4n) is 2.26. The predicted molar refractivity (Wildman–Crippen MR) is 105 cm³/mol. The molecule has 8 heteroatoms. The molecule has 0 aliphatic rings. The number of carbonyl (C=O) groups is 4. The summed E-state index contributed by atoms with van der Waals surface area (Å²) in [6.07, 6.45) is -1.22. The lowest BCUT2D eigenvalue weighted by molar-refractivity contribution is -0.127. The van der Waals surface area contributed by atoms with Gasteiger partial charge in [-0.25, -0.2) is 9.59 Å². The number of carbonyl (C=O) groups excluding carboxylic acids is 4. The van der Waals surface area contributed by atoms with Crippen LogP contribution >= 0.6 is 11.3 Å². The summed E-state index contributed by atoms with van der Waals surface area (Å²) in [5.74, 6) is -1.89. The van der Waals surface area contributed by atoms with E-state index in [0.717, 1.165) is 0 Å². The summed E-state index contributed by atoms with van der Waals surface area (Å²) in [6.45, 7) is 6.65. The molecule has 0 aliphatic carbocycles. The zero-order chi connectivity index (χ0) is 20.9. The van der Waals surface area contributed by atoms with Gasteiger partial charge in [0.1, 0.15) is 0 Å². The van der Waals surface area contributed by atoms with Gasteiger partial charge >= 0.3 is 12.0 Å². The molecular formula is C20H22N2O5S. The molecule has 2 aromatic rings. The van der Waals surface area contributed by atoms with Crippen LogP contribution < -0.4 is 10.6 Å². The van der Waals surface area contributed by atoms with Crippen molar-refractivity contribution < 1.29 is 23.9 Å². The fraction of sp³-hybridized carbons (Fsp3) is 0.300. The molecule has 1 aromatic carbocycles. The summed E-state index contributed by atoms with van der Waals surface area (Å²) >= 11 is 1.27. The fourth-order valence-corrected chi connectivity index (χ4v) is 2.94. The van der Waals surface area contributed by atoms with Crippen LogP contribution in [0.25, 0.3) is 0 Å². The molecule has 3 amide bonds. The molecule has 0 saturated heterocycles. The van der Waals surface area contributed by atoms with Gasteiger partial charge in [-0.15, -0.1) is 11.3 Å². The molecule has 1 aromatic heterocycles. The summed E-state index contributed by atoms with van der Waals surface area (Å²) in [5.41, 5.74) is -0.279. The van der Waals surface area contributed by atoms with Crippen molar-refractivity contribution in [1.82, 2.24) is 10.6 Å². The molecule has 0 radical (unpaired) electrons. The van der Waals surface area contributed by atoms with Crippen molar-refractivity contribution in [3.05, 3.63) is 57.8 Å². The molecule has 7 nitrogen and oxygen atoms in total. The van der Waals surface area contributed by atoms with Gasteiger partial charge in [-0.3, -0.25) is 14.9 Å². The molecule has 1 heterocycles. The molecule has 0 aliphatic heterocycles. The number of hydrogen-bond donors (Lipinski definition) is 2. The number of hydrogen-bond acceptors (Lipinski definition) is 6. The van der Waals surface area contributed by atoms with Gasteiger partial charge in [0.15, 0.2) is 6.10 Å². The second-order valence-corrected chi connectivity index (χ2v) is 8.04. The number of nitrogens with one attached hydrogen (secondary N) is 2. The van der Waals surface area contributed by atoms with Crippen LogP contribution in [0.1, 0.15) is 53.3 Å². The second-order valence-electron chi connectivity index (χ2n) is 7.09. The Labute approximate surface area is 167 Å². The van der Waals surface area contributed by atoms with Gasteiger partial charge in [0.2, 0.25) is 5.78 Å². The number of rotatable bonds is 5. The van der Waals surface area contributed by atoms with Crippen molar-refractivity contribution >= 4 is 35.0 Å². The first-order chi connectivity index (χ1) is 13.1. The van der Waals surface area contributed by atoms with E-state index in [1.54, 1.807) is 50.4 Å². The maximum atomic E-state index is 12.6. The van der Waals surface area contributed by atoms with E-state index in [2.05, 4.69) is 10.6 Å². The average molecular weight is 402 g/mol. The molecule has 0 unspecified atom stereocenters. The molecule has 2 rings (SSSR count). The molecule has 0 bridgehead atoms.